The minimum Gasteiger partial charge on any atom is -0.512 e. The summed E-state index contributed by atoms with van der Waals surface area (Å²) < 4.78 is 4.82. The average Bonchev–Trinajstić information content (AvgIpc) is 2.27. The molecule has 1 aliphatic heterocycles. The quantitative estimate of drug-likeness (QED) is 0.541. The summed E-state index contributed by atoms with van der Waals surface area (Å²) in [7, 11) is 0. The van der Waals surface area contributed by atoms with E-state index in [2.05, 4.69) is 5.32 Å². The van der Waals surface area contributed by atoms with Crippen molar-refractivity contribution in [3.8, 4) is 0 Å². The second kappa shape index (κ2) is 2.02. The molecule has 2 aliphatic rings. The summed E-state index contributed by atoms with van der Waals surface area (Å²) >= 11 is 0. The van der Waals surface area contributed by atoms with Gasteiger partial charge in [0.25, 0.3) is 0 Å². The molecule has 0 radical (unpaired) electrons. The number of aliphatic hydroxyl groups is 1. The number of ether oxygens (including phenoxy) is 1. The molecular weight excluding hydrogens is 146 g/mol. The van der Waals surface area contributed by atoms with Gasteiger partial charge in [0, 0.05) is 6.42 Å². The molecule has 1 fully saturated rings. The fraction of sp³-hybridized carbons (Fsp3) is 0.286. The summed E-state index contributed by atoms with van der Waals surface area (Å²) in [4.78, 5) is 10.6. The predicted molar refractivity (Wildman–Crippen MR) is 36.8 cm³/mol. The van der Waals surface area contributed by atoms with Gasteiger partial charge in [-0.25, -0.2) is 4.79 Å². The highest BCUT2D eigenvalue weighted by Crippen LogP contribution is 2.22. The van der Waals surface area contributed by atoms with E-state index in [9.17, 15) is 4.79 Å². The van der Waals surface area contributed by atoms with E-state index >= 15 is 0 Å². The van der Waals surface area contributed by atoms with Gasteiger partial charge in [-0.3, -0.25) is 5.32 Å². The lowest BCUT2D eigenvalue weighted by molar-refractivity contribution is 0.138. The van der Waals surface area contributed by atoms with Crippen molar-refractivity contribution in [1.82, 2.24) is 5.32 Å². The Morgan fingerprint density at radius 2 is 2.45 bits per heavy atom. The Morgan fingerprint density at radius 1 is 1.64 bits per heavy atom. The van der Waals surface area contributed by atoms with Crippen LogP contribution in [0.2, 0.25) is 0 Å². The van der Waals surface area contributed by atoms with E-state index in [0.29, 0.717) is 6.42 Å². The summed E-state index contributed by atoms with van der Waals surface area (Å²) in [6.45, 7) is 0. The normalized spacial score (nSPS) is 28.0. The SMILES string of the molecule is O=C1NC2=CC=C(O)CC2O1. The summed E-state index contributed by atoms with van der Waals surface area (Å²) in [5, 5.41) is 11.6. The van der Waals surface area contributed by atoms with Gasteiger partial charge < -0.3 is 9.84 Å². The molecule has 1 heterocycles. The van der Waals surface area contributed by atoms with Crippen LogP contribution >= 0.6 is 0 Å². The average molecular weight is 153 g/mol. The first-order valence-corrected chi connectivity index (χ1v) is 3.33. The second-order valence-electron chi connectivity index (χ2n) is 2.50. The van der Waals surface area contributed by atoms with Gasteiger partial charge in [0.15, 0.2) is 6.10 Å². The van der Waals surface area contributed by atoms with Gasteiger partial charge in [0.05, 0.1) is 11.5 Å². The monoisotopic (exact) mass is 153 g/mol. The first-order valence-electron chi connectivity index (χ1n) is 3.33. The first-order chi connectivity index (χ1) is 5.25. The van der Waals surface area contributed by atoms with Gasteiger partial charge in [-0.2, -0.15) is 0 Å². The van der Waals surface area contributed by atoms with E-state index in [1.165, 1.54) is 0 Å². The minimum atomic E-state index is -0.440. The summed E-state index contributed by atoms with van der Waals surface area (Å²) in [5.74, 6) is 0.246. The smallest absolute Gasteiger partial charge is 0.412 e. The fourth-order valence-electron chi connectivity index (χ4n) is 1.17. The van der Waals surface area contributed by atoms with Crippen LogP contribution in [0.1, 0.15) is 6.42 Å². The molecule has 4 heteroatoms. The Kier molecular flexibility index (Phi) is 1.15. The highest BCUT2D eigenvalue weighted by atomic mass is 16.6. The molecule has 4 nitrogen and oxygen atoms in total. The molecule has 1 saturated heterocycles. The lowest BCUT2D eigenvalue weighted by Crippen LogP contribution is -2.15. The van der Waals surface area contributed by atoms with Crippen molar-refractivity contribution in [1.29, 1.82) is 0 Å². The zero-order chi connectivity index (χ0) is 7.84. The van der Waals surface area contributed by atoms with Crippen LogP contribution in [0.25, 0.3) is 0 Å². The molecule has 0 aromatic carbocycles. The van der Waals surface area contributed by atoms with Crippen molar-refractivity contribution in [3.63, 3.8) is 0 Å². The predicted octanol–water partition coefficient (Wildman–Crippen LogP) is 0.824. The van der Waals surface area contributed by atoms with Gasteiger partial charge in [0.2, 0.25) is 0 Å². The molecule has 11 heavy (non-hydrogen) atoms. The van der Waals surface area contributed by atoms with Crippen molar-refractivity contribution in [2.45, 2.75) is 12.5 Å². The number of hydrogen-bond acceptors (Lipinski definition) is 3. The molecule has 0 aromatic rings. The third kappa shape index (κ3) is 0.960. The fourth-order valence-corrected chi connectivity index (χ4v) is 1.17. The maximum absolute atomic E-state index is 10.6. The first kappa shape index (κ1) is 6.27. The second-order valence-corrected chi connectivity index (χ2v) is 2.50. The topological polar surface area (TPSA) is 58.6 Å². The standard InChI is InChI=1S/C7H7NO3/c9-4-1-2-5-6(3-4)11-7(10)8-5/h1-2,6,9H,3H2,(H,8,10). The van der Waals surface area contributed by atoms with Crippen LogP contribution in [0.5, 0.6) is 0 Å². The number of alkyl carbamates (subject to hydrolysis) is 1. The largest absolute Gasteiger partial charge is 0.512 e. The maximum atomic E-state index is 10.6. The molecule has 1 unspecified atom stereocenters. The Balaban J connectivity index is 2.25. The van der Waals surface area contributed by atoms with E-state index in [4.69, 9.17) is 9.84 Å². The Bertz CT molecular complexity index is 267. The molecule has 2 rings (SSSR count). The molecule has 58 valence electrons. The van der Waals surface area contributed by atoms with E-state index in [1.54, 1.807) is 12.2 Å². The zero-order valence-corrected chi connectivity index (χ0v) is 5.70. The molecular formula is C7H7NO3. The van der Waals surface area contributed by atoms with Crippen LogP contribution in [-0.4, -0.2) is 17.3 Å². The number of rotatable bonds is 0. The summed E-state index contributed by atoms with van der Waals surface area (Å²) in [6.07, 6.45) is 2.84. The highest BCUT2D eigenvalue weighted by Gasteiger charge is 2.30. The van der Waals surface area contributed by atoms with Crippen LogP contribution in [0, 0.1) is 0 Å². The number of amides is 1. The number of carbonyl (C=O) groups excluding carboxylic acids is 1. The maximum Gasteiger partial charge on any atom is 0.412 e. The Hall–Kier alpha value is -1.45. The lowest BCUT2D eigenvalue weighted by atomic mass is 10.1. The molecule has 0 saturated carbocycles. The number of hydrogen-bond donors (Lipinski definition) is 2. The Morgan fingerprint density at radius 3 is 3.27 bits per heavy atom. The van der Waals surface area contributed by atoms with Gasteiger partial charge in [-0.15, -0.1) is 0 Å². The van der Waals surface area contributed by atoms with Crippen molar-refractivity contribution >= 4 is 6.09 Å². The van der Waals surface area contributed by atoms with Gasteiger partial charge in [-0.1, -0.05) is 0 Å². The number of aliphatic hydroxyl groups excluding tert-OH is 1. The van der Waals surface area contributed by atoms with Crippen molar-refractivity contribution in [2.24, 2.45) is 0 Å². The van der Waals surface area contributed by atoms with Crippen molar-refractivity contribution in [3.05, 3.63) is 23.6 Å². The van der Waals surface area contributed by atoms with Gasteiger partial charge in [0.1, 0.15) is 0 Å². The van der Waals surface area contributed by atoms with E-state index < -0.39 is 6.09 Å². The number of fused-ring (bicyclic) bond motifs is 1. The van der Waals surface area contributed by atoms with Gasteiger partial charge >= 0.3 is 6.09 Å². The Labute approximate surface area is 63.2 Å². The molecule has 1 atom stereocenters. The number of allylic oxidation sites excluding steroid dienone is 2. The minimum absolute atomic E-state index is 0.246. The highest BCUT2D eigenvalue weighted by molar-refractivity contribution is 5.73. The number of carbonyl (C=O) groups is 1. The molecule has 2 N–H and O–H groups in total. The third-order valence-electron chi connectivity index (χ3n) is 1.69. The molecule has 1 aliphatic carbocycles. The van der Waals surface area contributed by atoms with Crippen LogP contribution in [0.4, 0.5) is 4.79 Å². The molecule has 1 amide bonds. The van der Waals surface area contributed by atoms with Crippen LogP contribution < -0.4 is 5.32 Å². The van der Waals surface area contributed by atoms with Gasteiger partial charge in [-0.05, 0) is 12.2 Å². The summed E-state index contributed by atoms with van der Waals surface area (Å²) in [6, 6.07) is 0. The van der Waals surface area contributed by atoms with E-state index in [-0.39, 0.29) is 11.9 Å². The zero-order valence-electron chi connectivity index (χ0n) is 5.70. The third-order valence-corrected chi connectivity index (χ3v) is 1.69. The van der Waals surface area contributed by atoms with Crippen LogP contribution in [0.3, 0.4) is 0 Å². The van der Waals surface area contributed by atoms with E-state index in [1.807, 2.05) is 0 Å². The molecule has 0 aromatic heterocycles. The van der Waals surface area contributed by atoms with Crippen LogP contribution in [0.15, 0.2) is 23.6 Å². The molecule has 0 spiro atoms. The molecule has 0 bridgehead atoms. The van der Waals surface area contributed by atoms with Crippen LogP contribution in [-0.2, 0) is 4.74 Å². The summed E-state index contributed by atoms with van der Waals surface area (Å²) in [5.41, 5.74) is 0.729. The van der Waals surface area contributed by atoms with E-state index in [0.717, 1.165) is 5.70 Å². The van der Waals surface area contributed by atoms with Crippen molar-refractivity contribution < 1.29 is 14.6 Å². The number of nitrogens with one attached hydrogen (secondary N) is 1. The van der Waals surface area contributed by atoms with Crippen molar-refractivity contribution in [2.75, 3.05) is 0 Å². The lowest BCUT2D eigenvalue weighted by Gasteiger charge is -2.11.